The number of aromatic nitrogens is 2. The average molecular weight is 266 g/mol. The Morgan fingerprint density at radius 3 is 2.72 bits per heavy atom. The average Bonchev–Trinajstić information content (AvgIpc) is 2.68. The fraction of sp³-hybridized carbons (Fsp3) is 0.0909. The van der Waals surface area contributed by atoms with Crippen molar-refractivity contribution in [2.45, 2.75) is 6.92 Å². The lowest BCUT2D eigenvalue weighted by Crippen LogP contribution is -2.01. The molecule has 1 aromatic carbocycles. The van der Waals surface area contributed by atoms with Crippen molar-refractivity contribution in [2.24, 2.45) is 0 Å². The summed E-state index contributed by atoms with van der Waals surface area (Å²) in [6, 6.07) is 4.15. The molecule has 7 heteroatoms. The van der Waals surface area contributed by atoms with Crippen LogP contribution < -0.4 is 0 Å². The highest BCUT2D eigenvalue weighted by Crippen LogP contribution is 2.25. The van der Waals surface area contributed by atoms with Gasteiger partial charge in [-0.2, -0.15) is 5.10 Å². The number of aldehydes is 1. The van der Waals surface area contributed by atoms with Crippen LogP contribution in [-0.4, -0.2) is 21.0 Å². The van der Waals surface area contributed by atoms with Gasteiger partial charge in [0.2, 0.25) is 0 Å². The van der Waals surface area contributed by atoms with Gasteiger partial charge < -0.3 is 0 Å². The number of hydrogen-bond donors (Lipinski definition) is 0. The number of benzene rings is 1. The lowest BCUT2D eigenvalue weighted by Gasteiger charge is -2.03. The van der Waals surface area contributed by atoms with Gasteiger partial charge in [0.25, 0.3) is 5.69 Å². The third-order valence-corrected chi connectivity index (χ3v) is 2.79. The Bertz CT molecular complexity index is 617. The van der Waals surface area contributed by atoms with Crippen LogP contribution in [0.4, 0.5) is 5.69 Å². The molecule has 0 bridgehead atoms. The third-order valence-electron chi connectivity index (χ3n) is 2.42. The highest BCUT2D eigenvalue weighted by atomic mass is 35.5. The molecule has 0 amide bonds. The summed E-state index contributed by atoms with van der Waals surface area (Å²) in [7, 11) is 0. The number of nitro benzene ring substituents is 1. The zero-order valence-electron chi connectivity index (χ0n) is 9.33. The topological polar surface area (TPSA) is 78.0 Å². The second-order valence-electron chi connectivity index (χ2n) is 3.63. The fourth-order valence-electron chi connectivity index (χ4n) is 1.52. The summed E-state index contributed by atoms with van der Waals surface area (Å²) in [5.41, 5.74) is 0.880. The number of carbonyl (C=O) groups is 1. The van der Waals surface area contributed by atoms with Crippen molar-refractivity contribution < 1.29 is 9.72 Å². The van der Waals surface area contributed by atoms with Gasteiger partial charge in [0.1, 0.15) is 12.0 Å². The molecule has 0 aliphatic heterocycles. The largest absolute Gasteiger partial charge is 0.298 e. The van der Waals surface area contributed by atoms with E-state index in [1.54, 1.807) is 6.92 Å². The summed E-state index contributed by atoms with van der Waals surface area (Å²) in [4.78, 5) is 21.0. The van der Waals surface area contributed by atoms with Crippen LogP contribution in [0.2, 0.25) is 5.02 Å². The van der Waals surface area contributed by atoms with Crippen molar-refractivity contribution in [3.05, 3.63) is 50.8 Å². The highest BCUT2D eigenvalue weighted by molar-refractivity contribution is 6.31. The molecule has 0 spiro atoms. The molecule has 1 heterocycles. The molecule has 0 aliphatic carbocycles. The van der Waals surface area contributed by atoms with Crippen LogP contribution >= 0.6 is 11.6 Å². The second-order valence-corrected chi connectivity index (χ2v) is 4.04. The third kappa shape index (κ3) is 2.10. The van der Waals surface area contributed by atoms with Gasteiger partial charge >= 0.3 is 0 Å². The van der Waals surface area contributed by atoms with Crippen molar-refractivity contribution in [1.29, 1.82) is 0 Å². The molecular formula is C11H8ClN3O3. The van der Waals surface area contributed by atoms with Gasteiger partial charge in [-0.3, -0.25) is 14.9 Å². The van der Waals surface area contributed by atoms with Crippen LogP contribution in [-0.2, 0) is 0 Å². The Morgan fingerprint density at radius 1 is 1.50 bits per heavy atom. The van der Waals surface area contributed by atoms with Crippen LogP contribution in [0.1, 0.15) is 16.1 Å². The van der Waals surface area contributed by atoms with Gasteiger partial charge in [0.15, 0.2) is 0 Å². The lowest BCUT2D eigenvalue weighted by atomic mass is 10.2. The van der Waals surface area contributed by atoms with Crippen LogP contribution in [0, 0.1) is 17.0 Å². The van der Waals surface area contributed by atoms with Gasteiger partial charge in [-0.1, -0.05) is 11.6 Å². The van der Waals surface area contributed by atoms with E-state index in [1.807, 2.05) is 0 Å². The van der Waals surface area contributed by atoms with Crippen molar-refractivity contribution in [2.75, 3.05) is 0 Å². The molecule has 0 N–H and O–H groups in total. The first-order valence-corrected chi connectivity index (χ1v) is 5.36. The normalized spacial score (nSPS) is 10.3. The van der Waals surface area contributed by atoms with Crippen molar-refractivity contribution >= 4 is 23.6 Å². The Kier molecular flexibility index (Phi) is 3.12. The Labute approximate surface area is 107 Å². The molecular weight excluding hydrogens is 258 g/mol. The van der Waals surface area contributed by atoms with E-state index in [4.69, 9.17) is 11.6 Å². The first-order valence-electron chi connectivity index (χ1n) is 4.98. The quantitative estimate of drug-likeness (QED) is 0.485. The fourth-order valence-corrected chi connectivity index (χ4v) is 1.65. The zero-order valence-corrected chi connectivity index (χ0v) is 10.1. The number of nitro groups is 1. The highest BCUT2D eigenvalue weighted by Gasteiger charge is 2.17. The van der Waals surface area contributed by atoms with E-state index >= 15 is 0 Å². The molecule has 0 saturated carbocycles. The van der Waals surface area contributed by atoms with E-state index in [0.29, 0.717) is 17.0 Å². The predicted molar refractivity (Wildman–Crippen MR) is 65.4 cm³/mol. The van der Waals surface area contributed by atoms with Crippen molar-refractivity contribution in [1.82, 2.24) is 9.78 Å². The van der Waals surface area contributed by atoms with E-state index < -0.39 is 4.92 Å². The Morgan fingerprint density at radius 2 is 2.22 bits per heavy atom. The minimum absolute atomic E-state index is 0.196. The van der Waals surface area contributed by atoms with E-state index in [-0.39, 0.29) is 16.9 Å². The monoisotopic (exact) mass is 265 g/mol. The minimum atomic E-state index is -0.562. The molecule has 0 saturated heterocycles. The Hall–Kier alpha value is -2.21. The minimum Gasteiger partial charge on any atom is -0.298 e. The maximum absolute atomic E-state index is 11.0. The smallest absolute Gasteiger partial charge is 0.295 e. The van der Waals surface area contributed by atoms with Gasteiger partial charge in [-0.15, -0.1) is 0 Å². The molecule has 18 heavy (non-hydrogen) atoms. The van der Waals surface area contributed by atoms with Crippen LogP contribution in [0.5, 0.6) is 0 Å². The van der Waals surface area contributed by atoms with E-state index in [0.717, 1.165) is 0 Å². The number of nitrogens with zero attached hydrogens (tertiary/aromatic N) is 3. The first kappa shape index (κ1) is 12.3. The first-order chi connectivity index (χ1) is 8.52. The SMILES string of the molecule is Cc1nn(-c2ccc(C=O)cc2[N+](=O)[O-])cc1Cl. The summed E-state index contributed by atoms with van der Waals surface area (Å²) in [5, 5.41) is 15.5. The molecule has 2 aromatic rings. The molecule has 0 fully saturated rings. The molecule has 0 unspecified atom stereocenters. The van der Waals surface area contributed by atoms with Gasteiger partial charge in [-0.25, -0.2) is 4.68 Å². The second kappa shape index (κ2) is 4.58. The molecule has 0 aliphatic rings. The Balaban J connectivity index is 2.63. The number of hydrogen-bond acceptors (Lipinski definition) is 4. The molecule has 92 valence electrons. The van der Waals surface area contributed by atoms with Crippen LogP contribution in [0.25, 0.3) is 5.69 Å². The maximum atomic E-state index is 11.0. The van der Waals surface area contributed by atoms with Crippen LogP contribution in [0.3, 0.4) is 0 Å². The van der Waals surface area contributed by atoms with Gasteiger partial charge in [0.05, 0.1) is 15.6 Å². The number of carbonyl (C=O) groups excluding carboxylic acids is 1. The summed E-state index contributed by atoms with van der Waals surface area (Å²) in [5.74, 6) is 0. The summed E-state index contributed by atoms with van der Waals surface area (Å²) in [6.45, 7) is 1.70. The predicted octanol–water partition coefficient (Wildman–Crippen LogP) is 2.55. The lowest BCUT2D eigenvalue weighted by molar-refractivity contribution is -0.384. The van der Waals surface area contributed by atoms with Crippen LogP contribution in [0.15, 0.2) is 24.4 Å². The summed E-state index contributed by atoms with van der Waals surface area (Å²) >= 11 is 5.86. The maximum Gasteiger partial charge on any atom is 0.295 e. The zero-order chi connectivity index (χ0) is 13.3. The number of rotatable bonds is 3. The van der Waals surface area contributed by atoms with E-state index in [9.17, 15) is 14.9 Å². The van der Waals surface area contributed by atoms with Crippen molar-refractivity contribution in [3.8, 4) is 5.69 Å². The van der Waals surface area contributed by atoms with E-state index in [1.165, 1.54) is 29.1 Å². The van der Waals surface area contributed by atoms with Crippen molar-refractivity contribution in [3.63, 3.8) is 0 Å². The number of aryl methyl sites for hydroxylation is 1. The summed E-state index contributed by atoms with van der Waals surface area (Å²) in [6.07, 6.45) is 2.04. The molecule has 1 aromatic heterocycles. The van der Waals surface area contributed by atoms with E-state index in [2.05, 4.69) is 5.10 Å². The standard InChI is InChI=1S/C11H8ClN3O3/c1-7-9(12)5-14(13-7)10-3-2-8(6-16)4-11(10)15(17)18/h2-6H,1H3. The van der Waals surface area contributed by atoms with Gasteiger partial charge in [-0.05, 0) is 19.1 Å². The summed E-state index contributed by atoms with van der Waals surface area (Å²) < 4.78 is 1.32. The molecule has 6 nitrogen and oxygen atoms in total. The van der Waals surface area contributed by atoms with Gasteiger partial charge in [0, 0.05) is 17.8 Å². The molecule has 0 radical (unpaired) electrons. The molecule has 2 rings (SSSR count). The molecule has 0 atom stereocenters. The number of halogens is 1.